The van der Waals surface area contributed by atoms with Gasteiger partial charge in [-0.05, 0) is 19.3 Å². The van der Waals surface area contributed by atoms with E-state index in [0.29, 0.717) is 6.04 Å². The molecule has 0 amide bonds. The first-order valence-electron chi connectivity index (χ1n) is 4.52. The third-order valence-electron chi connectivity index (χ3n) is 2.02. The molecular formula is C9H16N2. The van der Waals surface area contributed by atoms with Crippen LogP contribution in [0.25, 0.3) is 0 Å². The predicted octanol–water partition coefficient (Wildman–Crippen LogP) is 1.82. The molecule has 0 aromatic carbocycles. The number of hydrogen-bond donors (Lipinski definition) is 1. The van der Waals surface area contributed by atoms with Crippen LogP contribution in [0.5, 0.6) is 0 Å². The van der Waals surface area contributed by atoms with E-state index in [1.165, 1.54) is 19.3 Å². The average molecular weight is 152 g/mol. The second kappa shape index (κ2) is 4.35. The van der Waals surface area contributed by atoms with Crippen LogP contribution >= 0.6 is 0 Å². The van der Waals surface area contributed by atoms with Crippen molar-refractivity contribution in [3.05, 3.63) is 0 Å². The van der Waals surface area contributed by atoms with E-state index in [1.54, 1.807) is 0 Å². The lowest BCUT2D eigenvalue weighted by molar-refractivity contribution is 0.538. The summed E-state index contributed by atoms with van der Waals surface area (Å²) < 4.78 is 0. The van der Waals surface area contributed by atoms with Crippen molar-refractivity contribution in [2.24, 2.45) is 0 Å². The van der Waals surface area contributed by atoms with E-state index in [2.05, 4.69) is 18.3 Å². The summed E-state index contributed by atoms with van der Waals surface area (Å²) in [5.41, 5.74) is 0. The molecule has 1 rings (SSSR count). The van der Waals surface area contributed by atoms with Crippen molar-refractivity contribution < 1.29 is 0 Å². The third-order valence-corrected chi connectivity index (χ3v) is 2.02. The smallest absolute Gasteiger partial charge is 0.0955 e. The third kappa shape index (κ3) is 3.38. The summed E-state index contributed by atoms with van der Waals surface area (Å²) in [5.74, 6) is 0. The average Bonchev–Trinajstić information content (AvgIpc) is 2.81. The molecule has 0 radical (unpaired) electrons. The van der Waals surface area contributed by atoms with Crippen LogP contribution in [0, 0.1) is 11.3 Å². The van der Waals surface area contributed by atoms with Crippen LogP contribution in [0.4, 0.5) is 0 Å². The molecule has 2 heteroatoms. The van der Waals surface area contributed by atoms with Crippen molar-refractivity contribution in [1.82, 2.24) is 5.32 Å². The van der Waals surface area contributed by atoms with Gasteiger partial charge in [0.25, 0.3) is 0 Å². The van der Waals surface area contributed by atoms with Gasteiger partial charge in [-0.1, -0.05) is 19.8 Å². The van der Waals surface area contributed by atoms with Crippen molar-refractivity contribution in [2.75, 3.05) is 0 Å². The summed E-state index contributed by atoms with van der Waals surface area (Å²) in [7, 11) is 0. The molecule has 1 aliphatic rings. The van der Waals surface area contributed by atoms with Gasteiger partial charge in [-0.25, -0.2) is 0 Å². The zero-order valence-electron chi connectivity index (χ0n) is 7.14. The van der Waals surface area contributed by atoms with Crippen LogP contribution in [0.2, 0.25) is 0 Å². The molecule has 2 nitrogen and oxygen atoms in total. The molecule has 0 aromatic heterocycles. The summed E-state index contributed by atoms with van der Waals surface area (Å²) in [6.07, 6.45) is 5.90. The van der Waals surface area contributed by atoms with Gasteiger partial charge in [-0.3, -0.25) is 5.32 Å². The normalized spacial score (nSPS) is 19.3. The van der Waals surface area contributed by atoms with Gasteiger partial charge >= 0.3 is 0 Å². The fourth-order valence-electron chi connectivity index (χ4n) is 1.13. The lowest BCUT2D eigenvalue weighted by Gasteiger charge is -2.08. The molecular weight excluding hydrogens is 136 g/mol. The van der Waals surface area contributed by atoms with Crippen molar-refractivity contribution in [1.29, 1.82) is 5.26 Å². The summed E-state index contributed by atoms with van der Waals surface area (Å²) in [5, 5.41) is 12.0. The van der Waals surface area contributed by atoms with Crippen LogP contribution in [0.3, 0.4) is 0 Å². The number of nitrogens with zero attached hydrogens (tertiary/aromatic N) is 1. The van der Waals surface area contributed by atoms with Crippen LogP contribution in [-0.2, 0) is 0 Å². The zero-order chi connectivity index (χ0) is 8.10. The molecule has 1 N–H and O–H groups in total. The molecule has 0 aliphatic heterocycles. The van der Waals surface area contributed by atoms with Crippen molar-refractivity contribution >= 4 is 0 Å². The Labute approximate surface area is 68.6 Å². The van der Waals surface area contributed by atoms with Crippen LogP contribution in [0.15, 0.2) is 0 Å². The molecule has 1 fully saturated rings. The highest BCUT2D eigenvalue weighted by Gasteiger charge is 2.23. The summed E-state index contributed by atoms with van der Waals surface area (Å²) >= 11 is 0. The van der Waals surface area contributed by atoms with Gasteiger partial charge in [0.1, 0.15) is 0 Å². The molecule has 0 bridgehead atoms. The van der Waals surface area contributed by atoms with Gasteiger partial charge in [0, 0.05) is 6.04 Å². The Bertz CT molecular complexity index is 144. The minimum atomic E-state index is 0.113. The fraction of sp³-hybridized carbons (Fsp3) is 0.889. The van der Waals surface area contributed by atoms with Crippen LogP contribution in [0.1, 0.15) is 39.0 Å². The highest BCUT2D eigenvalue weighted by atomic mass is 15.0. The van der Waals surface area contributed by atoms with E-state index >= 15 is 0 Å². The van der Waals surface area contributed by atoms with Gasteiger partial charge in [-0.15, -0.1) is 0 Å². The predicted molar refractivity (Wildman–Crippen MR) is 45.1 cm³/mol. The second-order valence-electron chi connectivity index (χ2n) is 3.26. The first kappa shape index (κ1) is 8.55. The fourth-order valence-corrected chi connectivity index (χ4v) is 1.13. The largest absolute Gasteiger partial charge is 0.299 e. The van der Waals surface area contributed by atoms with Gasteiger partial charge in [0.05, 0.1) is 12.1 Å². The Morgan fingerprint density at radius 2 is 2.36 bits per heavy atom. The van der Waals surface area contributed by atoms with Crippen LogP contribution < -0.4 is 5.32 Å². The van der Waals surface area contributed by atoms with Gasteiger partial charge in [0.2, 0.25) is 0 Å². The van der Waals surface area contributed by atoms with Crippen molar-refractivity contribution in [2.45, 2.75) is 51.1 Å². The molecule has 1 atom stereocenters. The van der Waals surface area contributed by atoms with E-state index in [1.807, 2.05) is 0 Å². The molecule has 0 heterocycles. The van der Waals surface area contributed by atoms with Gasteiger partial charge in [-0.2, -0.15) is 5.26 Å². The number of rotatable bonds is 5. The first-order chi connectivity index (χ1) is 5.36. The quantitative estimate of drug-likeness (QED) is 0.652. The Morgan fingerprint density at radius 1 is 1.64 bits per heavy atom. The number of nitriles is 1. The Hall–Kier alpha value is -0.550. The van der Waals surface area contributed by atoms with Crippen LogP contribution in [-0.4, -0.2) is 12.1 Å². The molecule has 62 valence electrons. The highest BCUT2D eigenvalue weighted by Crippen LogP contribution is 2.20. The van der Waals surface area contributed by atoms with Gasteiger partial charge < -0.3 is 0 Å². The first-order valence-corrected chi connectivity index (χ1v) is 4.52. The van der Waals surface area contributed by atoms with Crippen molar-refractivity contribution in [3.63, 3.8) is 0 Å². The second-order valence-corrected chi connectivity index (χ2v) is 3.26. The van der Waals surface area contributed by atoms with Crippen molar-refractivity contribution in [3.8, 4) is 6.07 Å². The van der Waals surface area contributed by atoms with E-state index in [9.17, 15) is 0 Å². The molecule has 1 saturated carbocycles. The lowest BCUT2D eigenvalue weighted by Crippen LogP contribution is -2.29. The molecule has 0 spiro atoms. The SMILES string of the molecule is CCCCC(C#N)NC1CC1. The minimum Gasteiger partial charge on any atom is -0.299 e. The number of nitrogens with one attached hydrogen (secondary N) is 1. The summed E-state index contributed by atoms with van der Waals surface area (Å²) in [6.45, 7) is 2.16. The van der Waals surface area contributed by atoms with Gasteiger partial charge in [0.15, 0.2) is 0 Å². The number of unbranched alkanes of at least 4 members (excludes halogenated alkanes) is 1. The highest BCUT2D eigenvalue weighted by molar-refractivity contribution is 4.95. The Kier molecular flexibility index (Phi) is 3.38. The van der Waals surface area contributed by atoms with E-state index in [0.717, 1.165) is 12.8 Å². The van der Waals surface area contributed by atoms with E-state index in [-0.39, 0.29) is 6.04 Å². The van der Waals surface area contributed by atoms with E-state index in [4.69, 9.17) is 5.26 Å². The maximum atomic E-state index is 8.72. The molecule has 0 aromatic rings. The minimum absolute atomic E-state index is 0.113. The standard InChI is InChI=1S/C9H16N2/c1-2-3-4-9(7-10)11-8-5-6-8/h8-9,11H,2-6H2,1H3. The zero-order valence-corrected chi connectivity index (χ0v) is 7.14. The molecule has 1 unspecified atom stereocenters. The maximum absolute atomic E-state index is 8.72. The molecule has 11 heavy (non-hydrogen) atoms. The Morgan fingerprint density at radius 3 is 2.82 bits per heavy atom. The maximum Gasteiger partial charge on any atom is 0.0955 e. The Balaban J connectivity index is 2.09. The number of hydrogen-bond acceptors (Lipinski definition) is 2. The summed E-state index contributed by atoms with van der Waals surface area (Å²) in [6, 6.07) is 3.07. The topological polar surface area (TPSA) is 35.8 Å². The monoisotopic (exact) mass is 152 g/mol. The summed E-state index contributed by atoms with van der Waals surface area (Å²) in [4.78, 5) is 0. The lowest BCUT2D eigenvalue weighted by atomic mass is 10.1. The van der Waals surface area contributed by atoms with E-state index < -0.39 is 0 Å². The molecule has 0 saturated heterocycles. The molecule has 1 aliphatic carbocycles.